The van der Waals surface area contributed by atoms with Crippen molar-refractivity contribution in [2.75, 3.05) is 5.73 Å². The zero-order valence-corrected chi connectivity index (χ0v) is 11.5. The highest BCUT2D eigenvalue weighted by Crippen LogP contribution is 2.30. The van der Waals surface area contributed by atoms with Crippen LogP contribution in [0.5, 0.6) is 11.5 Å². The van der Waals surface area contributed by atoms with Crippen LogP contribution in [0.25, 0.3) is 0 Å². The smallest absolute Gasteiger partial charge is 0.150 e. The van der Waals surface area contributed by atoms with E-state index in [9.17, 15) is 4.39 Å². The molecule has 0 aliphatic carbocycles. The Balaban J connectivity index is 2.28. The lowest BCUT2D eigenvalue weighted by Crippen LogP contribution is -1.93. The molecule has 2 rings (SSSR count). The molecule has 0 unspecified atom stereocenters. The van der Waals surface area contributed by atoms with Gasteiger partial charge in [-0.15, -0.1) is 0 Å². The summed E-state index contributed by atoms with van der Waals surface area (Å²) < 4.78 is 19.5. The first-order valence-corrected chi connectivity index (χ1v) is 6.20. The summed E-state index contributed by atoms with van der Waals surface area (Å²) in [5, 5.41) is 0.0200. The molecule has 5 heteroatoms. The van der Waals surface area contributed by atoms with Crippen molar-refractivity contribution in [1.82, 2.24) is 0 Å². The second kappa shape index (κ2) is 5.10. The summed E-state index contributed by atoms with van der Waals surface area (Å²) in [6.45, 7) is 0. The maximum atomic E-state index is 13.0. The number of benzene rings is 2. The lowest BCUT2D eigenvalue weighted by molar-refractivity contribution is 0.483. The minimum atomic E-state index is -0.477. The average molecular weight is 364 g/mol. The van der Waals surface area contributed by atoms with E-state index >= 15 is 0 Å². The van der Waals surface area contributed by atoms with Crippen molar-refractivity contribution in [2.24, 2.45) is 0 Å². The van der Waals surface area contributed by atoms with Gasteiger partial charge in [0.1, 0.15) is 17.3 Å². The fourth-order valence-corrected chi connectivity index (χ4v) is 1.97. The number of nitrogen functional groups attached to an aromatic ring is 1. The maximum absolute atomic E-state index is 13.0. The first-order chi connectivity index (χ1) is 8.06. The molecule has 0 fully saturated rings. The molecule has 2 nitrogen and oxygen atoms in total. The van der Waals surface area contributed by atoms with Crippen LogP contribution in [-0.4, -0.2) is 0 Å². The van der Waals surface area contributed by atoms with Gasteiger partial charge in [-0.3, -0.25) is 0 Å². The quantitative estimate of drug-likeness (QED) is 0.632. The van der Waals surface area contributed by atoms with Crippen molar-refractivity contribution in [3.8, 4) is 11.5 Å². The molecule has 0 heterocycles. The number of halogens is 3. The molecule has 2 aromatic rings. The van der Waals surface area contributed by atoms with Gasteiger partial charge in [-0.1, -0.05) is 11.6 Å². The van der Waals surface area contributed by atoms with Gasteiger partial charge in [-0.2, -0.15) is 0 Å². The number of hydrogen-bond donors (Lipinski definition) is 1. The molecule has 0 atom stereocenters. The molecule has 2 N–H and O–H groups in total. The SMILES string of the molecule is Nc1cc(I)ccc1Oc1ccc(F)c(Cl)c1. The summed E-state index contributed by atoms with van der Waals surface area (Å²) >= 11 is 7.81. The van der Waals surface area contributed by atoms with E-state index in [-0.39, 0.29) is 5.02 Å². The molecule has 0 bridgehead atoms. The second-order valence-electron chi connectivity index (χ2n) is 3.36. The lowest BCUT2D eigenvalue weighted by Gasteiger charge is -2.09. The molecule has 0 saturated heterocycles. The topological polar surface area (TPSA) is 35.2 Å². The van der Waals surface area contributed by atoms with Crippen LogP contribution < -0.4 is 10.5 Å². The van der Waals surface area contributed by atoms with Crippen molar-refractivity contribution < 1.29 is 9.13 Å². The Morgan fingerprint density at radius 2 is 1.94 bits per heavy atom. The van der Waals surface area contributed by atoms with Crippen LogP contribution in [0.1, 0.15) is 0 Å². The van der Waals surface area contributed by atoms with Gasteiger partial charge in [0, 0.05) is 9.64 Å². The van der Waals surface area contributed by atoms with Crippen LogP contribution in [0.3, 0.4) is 0 Å². The molecule has 17 heavy (non-hydrogen) atoms. The van der Waals surface area contributed by atoms with Gasteiger partial charge in [-0.25, -0.2) is 4.39 Å². The highest BCUT2D eigenvalue weighted by Gasteiger charge is 2.05. The second-order valence-corrected chi connectivity index (χ2v) is 5.01. The minimum Gasteiger partial charge on any atom is -0.455 e. The fourth-order valence-electron chi connectivity index (χ4n) is 1.28. The minimum absolute atomic E-state index is 0.0200. The van der Waals surface area contributed by atoms with Crippen molar-refractivity contribution in [2.45, 2.75) is 0 Å². The molecule has 0 aliphatic heterocycles. The lowest BCUT2D eigenvalue weighted by atomic mass is 10.3. The van der Waals surface area contributed by atoms with Crippen LogP contribution in [0.4, 0.5) is 10.1 Å². The third-order valence-corrected chi connectivity index (χ3v) is 3.05. The molecular weight excluding hydrogens is 355 g/mol. The molecule has 88 valence electrons. The van der Waals surface area contributed by atoms with Crippen molar-refractivity contribution >= 4 is 39.9 Å². The van der Waals surface area contributed by atoms with Gasteiger partial charge in [0.05, 0.1) is 10.7 Å². The summed E-state index contributed by atoms with van der Waals surface area (Å²) in [5.41, 5.74) is 6.33. The van der Waals surface area contributed by atoms with Gasteiger partial charge in [0.15, 0.2) is 0 Å². The van der Waals surface area contributed by atoms with E-state index in [1.807, 2.05) is 6.07 Å². The van der Waals surface area contributed by atoms with Gasteiger partial charge >= 0.3 is 0 Å². The normalized spacial score (nSPS) is 10.3. The standard InChI is InChI=1S/C12H8ClFINO/c13-9-6-8(2-3-10(9)14)17-12-4-1-7(15)5-11(12)16/h1-6H,16H2. The molecule has 2 aromatic carbocycles. The summed E-state index contributed by atoms with van der Waals surface area (Å²) in [4.78, 5) is 0. The Labute approximate surface area is 117 Å². The van der Waals surface area contributed by atoms with Crippen LogP contribution in [0.2, 0.25) is 5.02 Å². The molecule has 0 radical (unpaired) electrons. The van der Waals surface area contributed by atoms with Crippen LogP contribution in [0, 0.1) is 9.39 Å². The van der Waals surface area contributed by atoms with Gasteiger partial charge in [0.25, 0.3) is 0 Å². The van der Waals surface area contributed by atoms with E-state index in [1.54, 1.807) is 12.1 Å². The number of ether oxygens (including phenoxy) is 1. The molecular formula is C12H8ClFINO. The molecule has 0 amide bonds. The van der Waals surface area contributed by atoms with E-state index in [1.165, 1.54) is 18.2 Å². The number of hydrogen-bond acceptors (Lipinski definition) is 2. The molecule has 0 saturated carbocycles. The van der Waals surface area contributed by atoms with Crippen LogP contribution in [-0.2, 0) is 0 Å². The van der Waals surface area contributed by atoms with E-state index in [0.29, 0.717) is 17.2 Å². The van der Waals surface area contributed by atoms with E-state index < -0.39 is 5.82 Å². The third-order valence-electron chi connectivity index (χ3n) is 2.09. The maximum Gasteiger partial charge on any atom is 0.150 e. The van der Waals surface area contributed by atoms with Crippen LogP contribution >= 0.6 is 34.2 Å². The first-order valence-electron chi connectivity index (χ1n) is 4.74. The molecule has 0 aromatic heterocycles. The average Bonchev–Trinajstić information content (AvgIpc) is 2.27. The van der Waals surface area contributed by atoms with Crippen molar-refractivity contribution in [3.63, 3.8) is 0 Å². The number of nitrogens with two attached hydrogens (primary N) is 1. The van der Waals surface area contributed by atoms with E-state index in [4.69, 9.17) is 22.1 Å². The van der Waals surface area contributed by atoms with Gasteiger partial charge in [0.2, 0.25) is 0 Å². The largest absolute Gasteiger partial charge is 0.455 e. The summed E-state index contributed by atoms with van der Waals surface area (Å²) in [6.07, 6.45) is 0. The molecule has 0 aliphatic rings. The highest BCUT2D eigenvalue weighted by molar-refractivity contribution is 14.1. The first kappa shape index (κ1) is 12.4. The van der Waals surface area contributed by atoms with Gasteiger partial charge < -0.3 is 10.5 Å². The number of rotatable bonds is 2. The third kappa shape index (κ3) is 3.01. The monoisotopic (exact) mass is 363 g/mol. The Morgan fingerprint density at radius 3 is 2.59 bits per heavy atom. The Bertz CT molecular complexity index is 562. The van der Waals surface area contributed by atoms with Crippen LogP contribution in [0.15, 0.2) is 36.4 Å². The predicted octanol–water partition coefficient (Wildman–Crippen LogP) is 4.46. The zero-order valence-electron chi connectivity index (χ0n) is 8.58. The Morgan fingerprint density at radius 1 is 1.18 bits per heavy atom. The molecule has 0 spiro atoms. The summed E-state index contributed by atoms with van der Waals surface area (Å²) in [6, 6.07) is 9.58. The summed E-state index contributed by atoms with van der Waals surface area (Å²) in [5.74, 6) is 0.493. The predicted molar refractivity (Wildman–Crippen MR) is 75.1 cm³/mol. The van der Waals surface area contributed by atoms with Gasteiger partial charge in [-0.05, 0) is 52.9 Å². The van der Waals surface area contributed by atoms with E-state index in [2.05, 4.69) is 22.6 Å². The zero-order chi connectivity index (χ0) is 12.4. The number of anilines is 1. The van der Waals surface area contributed by atoms with Crippen molar-refractivity contribution in [3.05, 3.63) is 50.8 Å². The Kier molecular flexibility index (Phi) is 3.73. The Hall–Kier alpha value is -1.01. The summed E-state index contributed by atoms with van der Waals surface area (Å²) in [7, 11) is 0. The van der Waals surface area contributed by atoms with Crippen molar-refractivity contribution in [1.29, 1.82) is 0 Å². The fraction of sp³-hybridized carbons (Fsp3) is 0. The highest BCUT2D eigenvalue weighted by atomic mass is 127. The van der Waals surface area contributed by atoms with E-state index in [0.717, 1.165) is 3.57 Å².